The van der Waals surface area contributed by atoms with Crippen molar-refractivity contribution in [2.45, 2.75) is 26.2 Å². The number of anilines is 1. The summed E-state index contributed by atoms with van der Waals surface area (Å²) in [6.45, 7) is 3.41. The van der Waals surface area contributed by atoms with Crippen molar-refractivity contribution in [1.82, 2.24) is 0 Å². The van der Waals surface area contributed by atoms with Crippen molar-refractivity contribution in [3.05, 3.63) is 17.2 Å². The second kappa shape index (κ2) is 5.30. The van der Waals surface area contributed by atoms with Gasteiger partial charge in [0.1, 0.15) is 0 Å². The topological polar surface area (TPSA) is 30.5 Å². The molecular formula is C12H16ClNO2. The van der Waals surface area contributed by atoms with E-state index < -0.39 is 0 Å². The molecule has 0 atom stereocenters. The second-order valence-corrected chi connectivity index (χ2v) is 4.23. The van der Waals surface area contributed by atoms with E-state index in [1.165, 1.54) is 12.8 Å². The molecule has 0 saturated heterocycles. The third kappa shape index (κ3) is 2.53. The molecular weight excluding hydrogens is 226 g/mol. The van der Waals surface area contributed by atoms with Crippen LogP contribution in [0.15, 0.2) is 12.1 Å². The van der Waals surface area contributed by atoms with Crippen LogP contribution in [-0.4, -0.2) is 13.3 Å². The lowest BCUT2D eigenvalue weighted by Crippen LogP contribution is -2.01. The van der Waals surface area contributed by atoms with Gasteiger partial charge in [-0.2, -0.15) is 0 Å². The average Bonchev–Trinajstić information content (AvgIpc) is 2.71. The summed E-state index contributed by atoms with van der Waals surface area (Å²) in [5.74, 6) is 1.49. The molecule has 1 aliphatic rings. The molecule has 0 saturated carbocycles. The van der Waals surface area contributed by atoms with Crippen LogP contribution in [0.1, 0.15) is 26.2 Å². The number of hydrogen-bond acceptors (Lipinski definition) is 3. The predicted molar refractivity (Wildman–Crippen MR) is 65.6 cm³/mol. The number of rotatable bonds is 5. The lowest BCUT2D eigenvalue weighted by atomic mass is 10.2. The third-order valence-corrected chi connectivity index (χ3v) is 2.87. The first-order valence-corrected chi connectivity index (χ1v) is 6.02. The van der Waals surface area contributed by atoms with Gasteiger partial charge in [0.2, 0.25) is 6.79 Å². The average molecular weight is 242 g/mol. The standard InChI is InChI=1S/C12H16ClNO2/c1-2-3-4-5-14-10-7-12-11(6-9(10)13)15-8-16-12/h6-7,14H,2-5,8H2,1H3. The zero-order valence-corrected chi connectivity index (χ0v) is 10.1. The fraction of sp³-hybridized carbons (Fsp3) is 0.500. The summed E-state index contributed by atoms with van der Waals surface area (Å²) in [6, 6.07) is 3.70. The molecule has 1 aliphatic heterocycles. The number of nitrogens with one attached hydrogen (secondary N) is 1. The first-order chi connectivity index (χ1) is 7.81. The van der Waals surface area contributed by atoms with E-state index in [1.54, 1.807) is 6.07 Å². The van der Waals surface area contributed by atoms with Crippen LogP contribution in [0.4, 0.5) is 5.69 Å². The Bertz CT molecular complexity index is 368. The van der Waals surface area contributed by atoms with Gasteiger partial charge in [-0.3, -0.25) is 0 Å². The number of fused-ring (bicyclic) bond motifs is 1. The molecule has 0 fully saturated rings. The van der Waals surface area contributed by atoms with Crippen LogP contribution in [-0.2, 0) is 0 Å². The van der Waals surface area contributed by atoms with Crippen LogP contribution < -0.4 is 14.8 Å². The lowest BCUT2D eigenvalue weighted by molar-refractivity contribution is 0.174. The molecule has 0 unspecified atom stereocenters. The smallest absolute Gasteiger partial charge is 0.231 e. The molecule has 0 aliphatic carbocycles. The Morgan fingerprint density at radius 2 is 2.00 bits per heavy atom. The Morgan fingerprint density at radius 1 is 1.25 bits per heavy atom. The van der Waals surface area contributed by atoms with E-state index in [0.29, 0.717) is 5.02 Å². The van der Waals surface area contributed by atoms with Crippen LogP contribution in [0.2, 0.25) is 5.02 Å². The van der Waals surface area contributed by atoms with Crippen molar-refractivity contribution in [2.75, 3.05) is 18.7 Å². The second-order valence-electron chi connectivity index (χ2n) is 3.82. The molecule has 3 nitrogen and oxygen atoms in total. The molecule has 0 amide bonds. The summed E-state index contributed by atoms with van der Waals surface area (Å²) in [6.07, 6.45) is 3.60. The number of halogens is 1. The molecule has 0 aromatic heterocycles. The Labute approximate surface area is 101 Å². The highest BCUT2D eigenvalue weighted by Gasteiger charge is 2.16. The largest absolute Gasteiger partial charge is 0.454 e. The Morgan fingerprint density at radius 3 is 2.75 bits per heavy atom. The van der Waals surface area contributed by atoms with E-state index in [-0.39, 0.29) is 6.79 Å². The summed E-state index contributed by atoms with van der Waals surface area (Å²) in [5, 5.41) is 3.99. The maximum Gasteiger partial charge on any atom is 0.231 e. The van der Waals surface area contributed by atoms with Gasteiger partial charge < -0.3 is 14.8 Å². The minimum Gasteiger partial charge on any atom is -0.454 e. The highest BCUT2D eigenvalue weighted by atomic mass is 35.5. The number of ether oxygens (including phenoxy) is 2. The first-order valence-electron chi connectivity index (χ1n) is 5.64. The molecule has 0 bridgehead atoms. The SMILES string of the molecule is CCCCCNc1cc2c(cc1Cl)OCO2. The van der Waals surface area contributed by atoms with Gasteiger partial charge in [0.25, 0.3) is 0 Å². The van der Waals surface area contributed by atoms with Gasteiger partial charge in [-0.25, -0.2) is 0 Å². The maximum absolute atomic E-state index is 6.12. The molecule has 1 aromatic rings. The summed E-state index contributed by atoms with van der Waals surface area (Å²) >= 11 is 6.12. The third-order valence-electron chi connectivity index (χ3n) is 2.56. The zero-order valence-electron chi connectivity index (χ0n) is 9.38. The van der Waals surface area contributed by atoms with Crippen LogP contribution in [0.3, 0.4) is 0 Å². The van der Waals surface area contributed by atoms with Gasteiger partial charge in [-0.05, 0) is 6.42 Å². The Kier molecular flexibility index (Phi) is 3.78. The molecule has 0 radical (unpaired) electrons. The molecule has 1 aromatic carbocycles. The van der Waals surface area contributed by atoms with Crippen molar-refractivity contribution < 1.29 is 9.47 Å². The van der Waals surface area contributed by atoms with Crippen LogP contribution in [0.25, 0.3) is 0 Å². The van der Waals surface area contributed by atoms with Crippen molar-refractivity contribution in [3.63, 3.8) is 0 Å². The van der Waals surface area contributed by atoms with Gasteiger partial charge in [-0.1, -0.05) is 31.4 Å². The molecule has 1 N–H and O–H groups in total. The van der Waals surface area contributed by atoms with E-state index in [4.69, 9.17) is 21.1 Å². The molecule has 4 heteroatoms. The highest BCUT2D eigenvalue weighted by molar-refractivity contribution is 6.33. The van der Waals surface area contributed by atoms with Crippen LogP contribution in [0.5, 0.6) is 11.5 Å². The van der Waals surface area contributed by atoms with Crippen LogP contribution in [0, 0.1) is 0 Å². The predicted octanol–water partition coefficient (Wildman–Crippen LogP) is 3.67. The zero-order chi connectivity index (χ0) is 11.4. The van der Waals surface area contributed by atoms with E-state index in [9.17, 15) is 0 Å². The summed E-state index contributed by atoms with van der Waals surface area (Å²) in [4.78, 5) is 0. The van der Waals surface area contributed by atoms with Gasteiger partial charge >= 0.3 is 0 Å². The quantitative estimate of drug-likeness (QED) is 0.798. The van der Waals surface area contributed by atoms with Crippen molar-refractivity contribution in [3.8, 4) is 11.5 Å². The van der Waals surface area contributed by atoms with Crippen molar-refractivity contribution in [1.29, 1.82) is 0 Å². The molecule has 16 heavy (non-hydrogen) atoms. The minimum atomic E-state index is 0.283. The van der Waals surface area contributed by atoms with Crippen LogP contribution >= 0.6 is 11.6 Å². The molecule has 2 rings (SSSR count). The van der Waals surface area contributed by atoms with Gasteiger partial charge in [0.05, 0.1) is 10.7 Å². The molecule has 1 heterocycles. The highest BCUT2D eigenvalue weighted by Crippen LogP contribution is 2.39. The number of hydrogen-bond donors (Lipinski definition) is 1. The van der Waals surface area contributed by atoms with Gasteiger partial charge in [-0.15, -0.1) is 0 Å². The van der Waals surface area contributed by atoms with E-state index in [1.807, 2.05) is 6.07 Å². The van der Waals surface area contributed by atoms with Crippen molar-refractivity contribution in [2.24, 2.45) is 0 Å². The normalized spacial score (nSPS) is 12.9. The molecule has 0 spiro atoms. The fourth-order valence-electron chi connectivity index (χ4n) is 1.65. The van der Waals surface area contributed by atoms with Crippen molar-refractivity contribution >= 4 is 17.3 Å². The lowest BCUT2D eigenvalue weighted by Gasteiger charge is -2.08. The van der Waals surface area contributed by atoms with E-state index in [2.05, 4.69) is 12.2 Å². The Hall–Kier alpha value is -1.09. The Balaban J connectivity index is 1.98. The summed E-state index contributed by atoms with van der Waals surface area (Å²) < 4.78 is 10.5. The summed E-state index contributed by atoms with van der Waals surface area (Å²) in [7, 11) is 0. The minimum absolute atomic E-state index is 0.283. The van der Waals surface area contributed by atoms with Gasteiger partial charge in [0.15, 0.2) is 11.5 Å². The van der Waals surface area contributed by atoms with E-state index in [0.717, 1.165) is 30.2 Å². The number of benzene rings is 1. The van der Waals surface area contributed by atoms with E-state index >= 15 is 0 Å². The van der Waals surface area contributed by atoms with Gasteiger partial charge in [0, 0.05) is 18.7 Å². The first kappa shape index (κ1) is 11.4. The monoisotopic (exact) mass is 241 g/mol. The number of unbranched alkanes of at least 4 members (excludes halogenated alkanes) is 2. The maximum atomic E-state index is 6.12. The molecule has 88 valence electrons. The summed E-state index contributed by atoms with van der Waals surface area (Å²) in [5.41, 5.74) is 0.919. The fourth-order valence-corrected chi connectivity index (χ4v) is 1.87.